The fraction of sp³-hybridized carbons (Fsp3) is 0.316. The number of anilines is 1. The molecule has 0 spiro atoms. The second kappa shape index (κ2) is 7.37. The average Bonchev–Trinajstić information content (AvgIpc) is 3.03. The number of hydrogen-bond donors (Lipinski definition) is 1. The Morgan fingerprint density at radius 1 is 1.16 bits per heavy atom. The predicted molar refractivity (Wildman–Crippen MR) is 99.2 cm³/mol. The molecule has 1 N–H and O–H groups in total. The van der Waals surface area contributed by atoms with Crippen molar-refractivity contribution in [3.63, 3.8) is 0 Å². The summed E-state index contributed by atoms with van der Waals surface area (Å²) in [6, 6.07) is 15.0. The van der Waals surface area contributed by atoms with Gasteiger partial charge in [-0.25, -0.2) is 13.1 Å². The maximum atomic E-state index is 12.7. The molecule has 1 heterocycles. The number of carbonyl (C=O) groups excluding carboxylic acids is 1. The number of carbonyl (C=O) groups is 1. The van der Waals surface area contributed by atoms with Crippen molar-refractivity contribution in [1.29, 1.82) is 0 Å². The van der Waals surface area contributed by atoms with Gasteiger partial charge in [0.25, 0.3) is 5.91 Å². The van der Waals surface area contributed by atoms with Crippen molar-refractivity contribution in [2.24, 2.45) is 0 Å². The van der Waals surface area contributed by atoms with Gasteiger partial charge in [0.2, 0.25) is 10.0 Å². The van der Waals surface area contributed by atoms with E-state index in [-0.39, 0.29) is 18.2 Å². The van der Waals surface area contributed by atoms with E-state index in [2.05, 4.69) is 4.72 Å². The van der Waals surface area contributed by atoms with Crippen LogP contribution in [0.2, 0.25) is 0 Å². The lowest BCUT2D eigenvalue weighted by Crippen LogP contribution is -2.29. The van der Waals surface area contributed by atoms with Gasteiger partial charge in [-0.05, 0) is 42.2 Å². The smallest absolute Gasteiger partial charge is 0.258 e. The molecule has 1 aliphatic heterocycles. The van der Waals surface area contributed by atoms with Crippen LogP contribution in [0.5, 0.6) is 0 Å². The molecule has 25 heavy (non-hydrogen) atoms. The van der Waals surface area contributed by atoms with E-state index in [0.717, 1.165) is 23.2 Å². The SMILES string of the molecule is CCCS(=O)(=O)NCc1ccc2c(c1)N(C(=O)c1ccccc1)CC2. The van der Waals surface area contributed by atoms with Crippen LogP contribution in [0.1, 0.15) is 34.8 Å². The molecule has 0 bridgehead atoms. The molecule has 0 atom stereocenters. The van der Waals surface area contributed by atoms with Crippen LogP contribution < -0.4 is 9.62 Å². The summed E-state index contributed by atoms with van der Waals surface area (Å²) in [5.41, 5.74) is 3.50. The minimum Gasteiger partial charge on any atom is -0.308 e. The van der Waals surface area contributed by atoms with E-state index in [1.807, 2.05) is 55.5 Å². The lowest BCUT2D eigenvalue weighted by Gasteiger charge is -2.18. The molecule has 0 radical (unpaired) electrons. The summed E-state index contributed by atoms with van der Waals surface area (Å²) in [7, 11) is -3.25. The fourth-order valence-corrected chi connectivity index (χ4v) is 4.08. The highest BCUT2D eigenvalue weighted by Gasteiger charge is 2.25. The number of nitrogens with one attached hydrogen (secondary N) is 1. The molecular weight excluding hydrogens is 336 g/mol. The van der Waals surface area contributed by atoms with E-state index in [0.29, 0.717) is 18.5 Å². The average molecular weight is 358 g/mol. The third-order valence-corrected chi connectivity index (χ3v) is 5.81. The first-order valence-corrected chi connectivity index (χ1v) is 10.1. The van der Waals surface area contributed by atoms with Gasteiger partial charge in [-0.1, -0.05) is 37.3 Å². The van der Waals surface area contributed by atoms with Crippen molar-refractivity contribution in [2.45, 2.75) is 26.3 Å². The van der Waals surface area contributed by atoms with Crippen molar-refractivity contribution in [3.8, 4) is 0 Å². The third kappa shape index (κ3) is 4.08. The summed E-state index contributed by atoms with van der Waals surface area (Å²) >= 11 is 0. The monoisotopic (exact) mass is 358 g/mol. The third-order valence-electron chi connectivity index (χ3n) is 4.28. The van der Waals surface area contributed by atoms with Crippen LogP contribution >= 0.6 is 0 Å². The molecule has 3 rings (SSSR count). The predicted octanol–water partition coefficient (Wildman–Crippen LogP) is 2.72. The fourth-order valence-electron chi connectivity index (χ4n) is 3.02. The molecular formula is C19H22N2O3S. The highest BCUT2D eigenvalue weighted by Crippen LogP contribution is 2.30. The summed E-state index contributed by atoms with van der Waals surface area (Å²) < 4.78 is 26.3. The van der Waals surface area contributed by atoms with Crippen LogP contribution in [0.4, 0.5) is 5.69 Å². The molecule has 0 aliphatic carbocycles. The number of sulfonamides is 1. The van der Waals surface area contributed by atoms with Crippen molar-refractivity contribution in [2.75, 3.05) is 17.2 Å². The minimum atomic E-state index is -3.25. The van der Waals surface area contributed by atoms with Crippen LogP contribution in [0.25, 0.3) is 0 Å². The second-order valence-electron chi connectivity index (χ2n) is 6.18. The largest absolute Gasteiger partial charge is 0.308 e. The number of fused-ring (bicyclic) bond motifs is 1. The molecule has 6 heteroatoms. The van der Waals surface area contributed by atoms with Gasteiger partial charge >= 0.3 is 0 Å². The lowest BCUT2D eigenvalue weighted by molar-refractivity contribution is 0.0989. The highest BCUT2D eigenvalue weighted by molar-refractivity contribution is 7.89. The van der Waals surface area contributed by atoms with Crippen molar-refractivity contribution in [3.05, 3.63) is 65.2 Å². The van der Waals surface area contributed by atoms with Crippen LogP contribution in [0, 0.1) is 0 Å². The van der Waals surface area contributed by atoms with E-state index in [1.54, 1.807) is 4.90 Å². The molecule has 5 nitrogen and oxygen atoms in total. The van der Waals surface area contributed by atoms with Crippen molar-refractivity contribution >= 4 is 21.6 Å². The second-order valence-corrected chi connectivity index (χ2v) is 8.10. The van der Waals surface area contributed by atoms with Gasteiger partial charge < -0.3 is 4.90 Å². The first-order chi connectivity index (χ1) is 12.0. The maximum absolute atomic E-state index is 12.7. The Morgan fingerprint density at radius 2 is 1.92 bits per heavy atom. The molecule has 132 valence electrons. The Balaban J connectivity index is 1.79. The molecule has 0 unspecified atom stereocenters. The van der Waals surface area contributed by atoms with E-state index >= 15 is 0 Å². The van der Waals surface area contributed by atoms with Crippen molar-refractivity contribution in [1.82, 2.24) is 4.72 Å². The van der Waals surface area contributed by atoms with Crippen LogP contribution in [0.3, 0.4) is 0 Å². The Bertz CT molecular complexity index is 863. The van der Waals surface area contributed by atoms with E-state index in [9.17, 15) is 13.2 Å². The van der Waals surface area contributed by atoms with Gasteiger partial charge in [0.05, 0.1) is 5.75 Å². The lowest BCUT2D eigenvalue weighted by atomic mass is 10.1. The van der Waals surface area contributed by atoms with Crippen molar-refractivity contribution < 1.29 is 13.2 Å². The Hall–Kier alpha value is -2.18. The van der Waals surface area contributed by atoms with Gasteiger partial charge in [-0.15, -0.1) is 0 Å². The summed E-state index contributed by atoms with van der Waals surface area (Å²) in [6.45, 7) is 2.72. The quantitative estimate of drug-likeness (QED) is 0.863. The minimum absolute atomic E-state index is 0.0249. The molecule has 0 saturated heterocycles. The van der Waals surface area contributed by atoms with E-state index < -0.39 is 10.0 Å². The summed E-state index contributed by atoms with van der Waals surface area (Å²) in [5.74, 6) is 0.0966. The summed E-state index contributed by atoms with van der Waals surface area (Å²) in [5, 5.41) is 0. The summed E-state index contributed by atoms with van der Waals surface area (Å²) in [6.07, 6.45) is 1.40. The molecule has 2 aromatic carbocycles. The number of benzene rings is 2. The Labute approximate surface area is 148 Å². The van der Waals surface area contributed by atoms with Gasteiger partial charge in [0, 0.05) is 24.3 Å². The molecule has 1 amide bonds. The van der Waals surface area contributed by atoms with Gasteiger partial charge in [0.1, 0.15) is 0 Å². The first-order valence-electron chi connectivity index (χ1n) is 8.46. The Kier molecular flexibility index (Phi) is 5.20. The molecule has 0 saturated carbocycles. The zero-order chi connectivity index (χ0) is 17.9. The molecule has 0 fully saturated rings. The van der Waals surface area contributed by atoms with E-state index in [1.165, 1.54) is 0 Å². The van der Waals surface area contributed by atoms with Gasteiger partial charge in [-0.2, -0.15) is 0 Å². The highest BCUT2D eigenvalue weighted by atomic mass is 32.2. The topological polar surface area (TPSA) is 66.5 Å². The maximum Gasteiger partial charge on any atom is 0.258 e. The van der Waals surface area contributed by atoms with Crippen LogP contribution in [0.15, 0.2) is 48.5 Å². The number of hydrogen-bond acceptors (Lipinski definition) is 3. The normalized spacial score (nSPS) is 13.7. The number of rotatable bonds is 6. The van der Waals surface area contributed by atoms with E-state index in [4.69, 9.17) is 0 Å². The number of amides is 1. The zero-order valence-electron chi connectivity index (χ0n) is 14.2. The molecule has 0 aromatic heterocycles. The van der Waals surface area contributed by atoms with Crippen LogP contribution in [-0.4, -0.2) is 26.6 Å². The summed E-state index contributed by atoms with van der Waals surface area (Å²) in [4.78, 5) is 14.5. The van der Waals surface area contributed by atoms with Gasteiger partial charge in [-0.3, -0.25) is 4.79 Å². The first kappa shape index (κ1) is 17.6. The Morgan fingerprint density at radius 3 is 2.64 bits per heavy atom. The molecule has 2 aromatic rings. The number of nitrogens with zero attached hydrogens (tertiary/aromatic N) is 1. The standard InChI is InChI=1S/C19H22N2O3S/c1-2-12-25(23,24)20-14-15-8-9-16-10-11-21(18(16)13-15)19(22)17-6-4-3-5-7-17/h3-9,13,20H,2,10-12,14H2,1H3. The van der Waals surface area contributed by atoms with Crippen LogP contribution in [-0.2, 0) is 23.0 Å². The zero-order valence-corrected chi connectivity index (χ0v) is 15.1. The van der Waals surface area contributed by atoms with Gasteiger partial charge in [0.15, 0.2) is 0 Å². The molecule has 1 aliphatic rings.